The molecule has 0 saturated heterocycles. The number of halogens is 4. The Morgan fingerprint density at radius 3 is 2.53 bits per heavy atom. The zero-order chi connectivity index (χ0) is 22.3. The number of carbonyl (C=O) groups is 2. The van der Waals surface area contributed by atoms with Crippen LogP contribution < -0.4 is 10.1 Å². The van der Waals surface area contributed by atoms with Gasteiger partial charge in [-0.2, -0.15) is 13.2 Å². The number of ether oxygens (including phenoxy) is 1. The lowest BCUT2D eigenvalue weighted by molar-refractivity contribution is -0.137. The monoisotopic (exact) mass is 440 g/mol. The SMILES string of the molecule is CCN(CC(=O)Nc1ccccc1C(F)(F)F)C(=O)C=Cc1cc(Cl)ccc1OC. The summed E-state index contributed by atoms with van der Waals surface area (Å²) in [5, 5.41) is 2.68. The van der Waals surface area contributed by atoms with Gasteiger partial charge in [-0.3, -0.25) is 9.59 Å². The second-order valence-corrected chi connectivity index (χ2v) is 6.60. The molecule has 0 radical (unpaired) electrons. The molecular weight excluding hydrogens is 421 g/mol. The molecule has 5 nitrogen and oxygen atoms in total. The van der Waals surface area contributed by atoms with Gasteiger partial charge in [0.1, 0.15) is 12.3 Å². The van der Waals surface area contributed by atoms with Gasteiger partial charge in [-0.05, 0) is 43.3 Å². The molecule has 0 heterocycles. The summed E-state index contributed by atoms with van der Waals surface area (Å²) in [6, 6.07) is 9.55. The number of carbonyl (C=O) groups excluding carboxylic acids is 2. The van der Waals surface area contributed by atoms with E-state index in [1.165, 1.54) is 36.3 Å². The van der Waals surface area contributed by atoms with Gasteiger partial charge in [-0.1, -0.05) is 23.7 Å². The van der Waals surface area contributed by atoms with Crippen molar-refractivity contribution in [2.75, 3.05) is 25.5 Å². The smallest absolute Gasteiger partial charge is 0.418 e. The second kappa shape index (κ2) is 10.2. The van der Waals surface area contributed by atoms with Crippen LogP contribution in [0.1, 0.15) is 18.1 Å². The number of nitrogens with one attached hydrogen (secondary N) is 1. The number of alkyl halides is 3. The lowest BCUT2D eigenvalue weighted by atomic mass is 10.1. The molecule has 0 atom stereocenters. The van der Waals surface area contributed by atoms with Crippen LogP contribution in [-0.2, 0) is 15.8 Å². The zero-order valence-electron chi connectivity index (χ0n) is 16.3. The predicted octanol–water partition coefficient (Wildman–Crippen LogP) is 4.87. The van der Waals surface area contributed by atoms with E-state index < -0.39 is 30.1 Å². The zero-order valence-corrected chi connectivity index (χ0v) is 17.1. The Morgan fingerprint density at radius 1 is 1.20 bits per heavy atom. The van der Waals surface area contributed by atoms with Crippen LogP contribution in [0.25, 0.3) is 6.08 Å². The third-order valence-electron chi connectivity index (χ3n) is 4.13. The van der Waals surface area contributed by atoms with Gasteiger partial charge in [0.25, 0.3) is 0 Å². The first-order valence-corrected chi connectivity index (χ1v) is 9.30. The van der Waals surface area contributed by atoms with Gasteiger partial charge in [-0.15, -0.1) is 0 Å². The van der Waals surface area contributed by atoms with Gasteiger partial charge in [-0.25, -0.2) is 0 Å². The van der Waals surface area contributed by atoms with Crippen LogP contribution in [0.3, 0.4) is 0 Å². The van der Waals surface area contributed by atoms with Crippen molar-refractivity contribution in [3.8, 4) is 5.75 Å². The lowest BCUT2D eigenvalue weighted by Crippen LogP contribution is -2.37. The summed E-state index contributed by atoms with van der Waals surface area (Å²) in [7, 11) is 1.48. The number of nitrogens with zero attached hydrogens (tertiary/aromatic N) is 1. The summed E-state index contributed by atoms with van der Waals surface area (Å²) >= 11 is 5.95. The highest BCUT2D eigenvalue weighted by molar-refractivity contribution is 6.30. The number of methoxy groups -OCH3 is 1. The van der Waals surface area contributed by atoms with Gasteiger partial charge in [0.15, 0.2) is 0 Å². The van der Waals surface area contributed by atoms with E-state index >= 15 is 0 Å². The molecular formula is C21H20ClF3N2O3. The van der Waals surface area contributed by atoms with Crippen molar-refractivity contribution in [2.24, 2.45) is 0 Å². The largest absolute Gasteiger partial charge is 0.496 e. The summed E-state index contributed by atoms with van der Waals surface area (Å²) in [6.45, 7) is 1.44. The molecule has 2 aromatic rings. The van der Waals surface area contributed by atoms with Gasteiger partial charge in [0.2, 0.25) is 11.8 Å². The summed E-state index contributed by atoms with van der Waals surface area (Å²) in [6.07, 6.45) is -1.87. The Kier molecular flexibility index (Phi) is 7.88. The maximum atomic E-state index is 13.1. The first-order valence-electron chi connectivity index (χ1n) is 8.92. The van der Waals surface area contributed by atoms with Crippen molar-refractivity contribution in [1.29, 1.82) is 0 Å². The Bertz CT molecular complexity index is 945. The number of benzene rings is 2. The molecule has 30 heavy (non-hydrogen) atoms. The maximum Gasteiger partial charge on any atom is 0.418 e. The number of rotatable bonds is 7. The number of likely N-dealkylation sites (N-methyl/N-ethyl adjacent to an activating group) is 1. The average Bonchev–Trinajstić information content (AvgIpc) is 2.70. The first-order chi connectivity index (χ1) is 14.2. The third kappa shape index (κ3) is 6.25. The van der Waals surface area contributed by atoms with Crippen LogP contribution in [0.4, 0.5) is 18.9 Å². The Balaban J connectivity index is 2.09. The minimum atomic E-state index is -4.61. The Hall–Kier alpha value is -3.00. The summed E-state index contributed by atoms with van der Waals surface area (Å²) < 4.78 is 44.4. The molecule has 0 aromatic heterocycles. The van der Waals surface area contributed by atoms with Gasteiger partial charge < -0.3 is 15.0 Å². The molecule has 0 spiro atoms. The quantitative estimate of drug-likeness (QED) is 0.625. The normalized spacial score (nSPS) is 11.4. The van der Waals surface area contributed by atoms with E-state index in [4.69, 9.17) is 16.3 Å². The molecule has 0 aliphatic carbocycles. The number of para-hydroxylation sites is 1. The minimum absolute atomic E-state index is 0.185. The molecule has 160 valence electrons. The molecule has 0 aliphatic rings. The minimum Gasteiger partial charge on any atom is -0.496 e. The van der Waals surface area contributed by atoms with Crippen molar-refractivity contribution in [3.63, 3.8) is 0 Å². The average molecular weight is 441 g/mol. The molecule has 2 rings (SSSR count). The summed E-state index contributed by atoms with van der Waals surface area (Å²) in [5.41, 5.74) is -0.753. The number of amides is 2. The number of hydrogen-bond donors (Lipinski definition) is 1. The van der Waals surface area contributed by atoms with E-state index in [0.29, 0.717) is 16.3 Å². The van der Waals surface area contributed by atoms with Crippen molar-refractivity contribution in [2.45, 2.75) is 13.1 Å². The van der Waals surface area contributed by atoms with Crippen molar-refractivity contribution < 1.29 is 27.5 Å². The number of hydrogen-bond acceptors (Lipinski definition) is 3. The fourth-order valence-electron chi connectivity index (χ4n) is 2.65. The third-order valence-corrected chi connectivity index (χ3v) is 4.37. The van der Waals surface area contributed by atoms with E-state index in [1.807, 2.05) is 0 Å². The Morgan fingerprint density at radius 2 is 1.90 bits per heavy atom. The Labute approximate surface area is 177 Å². The summed E-state index contributed by atoms with van der Waals surface area (Å²) in [4.78, 5) is 25.9. The topological polar surface area (TPSA) is 58.6 Å². The molecule has 0 bridgehead atoms. The van der Waals surface area contributed by atoms with Crippen molar-refractivity contribution in [1.82, 2.24) is 4.90 Å². The number of anilines is 1. The highest BCUT2D eigenvalue weighted by atomic mass is 35.5. The van der Waals surface area contributed by atoms with Crippen LogP contribution in [0.5, 0.6) is 5.75 Å². The molecule has 2 aromatic carbocycles. The highest BCUT2D eigenvalue weighted by Crippen LogP contribution is 2.34. The highest BCUT2D eigenvalue weighted by Gasteiger charge is 2.33. The van der Waals surface area contributed by atoms with E-state index in [9.17, 15) is 22.8 Å². The van der Waals surface area contributed by atoms with Gasteiger partial charge in [0, 0.05) is 23.2 Å². The standard InChI is InChI=1S/C21H20ClF3N2O3/c1-3-27(20(29)11-8-14-12-15(22)9-10-18(14)30-2)13-19(28)26-17-7-5-4-6-16(17)21(23,24)25/h4-12H,3,13H2,1-2H3,(H,26,28). The molecule has 0 fully saturated rings. The van der Waals surface area contributed by atoms with Crippen LogP contribution >= 0.6 is 11.6 Å². The fraction of sp³-hybridized carbons (Fsp3) is 0.238. The molecule has 2 amide bonds. The maximum absolute atomic E-state index is 13.1. The van der Waals surface area contributed by atoms with Crippen LogP contribution in [0.15, 0.2) is 48.5 Å². The van der Waals surface area contributed by atoms with Crippen molar-refractivity contribution in [3.05, 3.63) is 64.7 Å². The molecule has 9 heteroatoms. The molecule has 0 unspecified atom stereocenters. The van der Waals surface area contributed by atoms with E-state index in [-0.39, 0.29) is 12.2 Å². The van der Waals surface area contributed by atoms with Crippen LogP contribution in [-0.4, -0.2) is 36.9 Å². The fourth-order valence-corrected chi connectivity index (χ4v) is 2.83. The summed E-state index contributed by atoms with van der Waals surface area (Å²) in [5.74, 6) is -0.720. The molecule has 0 saturated carbocycles. The molecule has 1 N–H and O–H groups in total. The van der Waals surface area contributed by atoms with Gasteiger partial charge >= 0.3 is 6.18 Å². The van der Waals surface area contributed by atoms with Gasteiger partial charge in [0.05, 0.1) is 18.4 Å². The van der Waals surface area contributed by atoms with E-state index in [0.717, 1.165) is 12.1 Å². The van der Waals surface area contributed by atoms with Crippen LogP contribution in [0.2, 0.25) is 5.02 Å². The van der Waals surface area contributed by atoms with E-state index in [2.05, 4.69) is 5.32 Å². The lowest BCUT2D eigenvalue weighted by Gasteiger charge is -2.20. The second-order valence-electron chi connectivity index (χ2n) is 6.16. The molecule has 0 aliphatic heterocycles. The predicted molar refractivity (Wildman–Crippen MR) is 109 cm³/mol. The first kappa shape index (κ1) is 23.3. The van der Waals surface area contributed by atoms with Crippen molar-refractivity contribution >= 4 is 35.2 Å². The van der Waals surface area contributed by atoms with E-state index in [1.54, 1.807) is 25.1 Å². The van der Waals surface area contributed by atoms with Crippen LogP contribution in [0, 0.1) is 0 Å².